The molecule has 1 aliphatic heterocycles. The van der Waals surface area contributed by atoms with Gasteiger partial charge in [-0.15, -0.1) is 0 Å². The summed E-state index contributed by atoms with van der Waals surface area (Å²) in [6.45, 7) is 10.4. The van der Waals surface area contributed by atoms with Crippen molar-refractivity contribution in [2.45, 2.75) is 82.8 Å². The van der Waals surface area contributed by atoms with Crippen molar-refractivity contribution >= 4 is 12.0 Å². The molecule has 0 bridgehead atoms. The molecule has 10 nitrogen and oxygen atoms in total. The number of benzene rings is 3. The molecule has 1 saturated heterocycles. The summed E-state index contributed by atoms with van der Waals surface area (Å²) in [7, 11) is 0. The summed E-state index contributed by atoms with van der Waals surface area (Å²) in [4.78, 5) is 29.3. The maximum atomic E-state index is 14.1. The molecule has 2 aliphatic rings. The maximum absolute atomic E-state index is 14.1. The summed E-state index contributed by atoms with van der Waals surface area (Å²) < 4.78 is 17.0. The molecule has 10 heteroatoms. The summed E-state index contributed by atoms with van der Waals surface area (Å²) in [5, 5.41) is 28.6. The number of rotatable bonds is 15. The first kappa shape index (κ1) is 37.3. The van der Waals surface area contributed by atoms with Crippen LogP contribution in [0, 0.1) is 5.92 Å². The molecule has 270 valence electrons. The quantitative estimate of drug-likeness (QED) is 0.171. The molecule has 1 heterocycles. The molecule has 3 aromatic rings. The summed E-state index contributed by atoms with van der Waals surface area (Å²) in [6, 6.07) is 23.8. The van der Waals surface area contributed by atoms with E-state index in [-0.39, 0.29) is 12.3 Å². The molecule has 3 aromatic carbocycles. The SMILES string of the molecule is CC(C)(C)OC(=O)N[C@@H](Cc1ccccc1)[C@@H](O)C[C@@H](Cc1ccc(OCCCN2CCOCC2)cc1)C(=O)N[C@H]1c2ccccc2C[C@H]1O. The molecule has 1 aliphatic carbocycles. The monoisotopic (exact) mass is 687 g/mol. The second-order valence-electron chi connectivity index (χ2n) is 14.4. The summed E-state index contributed by atoms with van der Waals surface area (Å²) in [6.07, 6.45) is -0.319. The number of carbonyl (C=O) groups excluding carboxylic acids is 2. The van der Waals surface area contributed by atoms with Crippen LogP contribution < -0.4 is 15.4 Å². The number of morpholine rings is 1. The van der Waals surface area contributed by atoms with Crippen molar-refractivity contribution in [2.24, 2.45) is 5.92 Å². The number of hydrogen-bond acceptors (Lipinski definition) is 8. The van der Waals surface area contributed by atoms with Crippen molar-refractivity contribution < 1.29 is 34.0 Å². The fourth-order valence-electron chi connectivity index (χ4n) is 6.68. The minimum Gasteiger partial charge on any atom is -0.494 e. The fraction of sp³-hybridized carbons (Fsp3) is 0.500. The maximum Gasteiger partial charge on any atom is 0.407 e. The lowest BCUT2D eigenvalue weighted by molar-refractivity contribution is -0.127. The van der Waals surface area contributed by atoms with E-state index < -0.39 is 41.9 Å². The van der Waals surface area contributed by atoms with Crippen molar-refractivity contribution in [2.75, 3.05) is 39.5 Å². The predicted molar refractivity (Wildman–Crippen MR) is 192 cm³/mol. The summed E-state index contributed by atoms with van der Waals surface area (Å²) >= 11 is 0. The third kappa shape index (κ3) is 11.3. The Morgan fingerprint density at radius 2 is 1.62 bits per heavy atom. The number of aliphatic hydroxyl groups excluding tert-OH is 2. The third-order valence-electron chi connectivity index (χ3n) is 9.26. The van der Waals surface area contributed by atoms with Gasteiger partial charge in [0.2, 0.25) is 5.91 Å². The van der Waals surface area contributed by atoms with Crippen LogP contribution in [0.2, 0.25) is 0 Å². The van der Waals surface area contributed by atoms with Crippen LogP contribution >= 0.6 is 0 Å². The first-order chi connectivity index (χ1) is 24.0. The molecule has 5 atom stereocenters. The Balaban J connectivity index is 1.29. The van der Waals surface area contributed by atoms with Gasteiger partial charge in [0.05, 0.1) is 44.1 Å². The van der Waals surface area contributed by atoms with Gasteiger partial charge in [0.15, 0.2) is 0 Å². The molecule has 4 N–H and O–H groups in total. The average molecular weight is 688 g/mol. The minimum atomic E-state index is -1.08. The van der Waals surface area contributed by atoms with Gasteiger partial charge >= 0.3 is 6.09 Å². The fourth-order valence-corrected chi connectivity index (χ4v) is 6.68. The minimum absolute atomic E-state index is 0.0728. The Kier molecular flexibility index (Phi) is 13.3. The van der Waals surface area contributed by atoms with E-state index in [1.54, 1.807) is 20.8 Å². The summed E-state index contributed by atoms with van der Waals surface area (Å²) in [5.41, 5.74) is 3.03. The lowest BCUT2D eigenvalue weighted by Crippen LogP contribution is -2.48. The van der Waals surface area contributed by atoms with Gasteiger partial charge < -0.3 is 35.1 Å². The van der Waals surface area contributed by atoms with Gasteiger partial charge in [-0.05, 0) is 80.8 Å². The Bertz CT molecular complexity index is 1510. The van der Waals surface area contributed by atoms with E-state index in [0.717, 1.165) is 67.3 Å². The van der Waals surface area contributed by atoms with Crippen LogP contribution in [0.25, 0.3) is 0 Å². The Labute approximate surface area is 296 Å². The molecule has 5 rings (SSSR count). The van der Waals surface area contributed by atoms with Crippen molar-refractivity contribution in [1.82, 2.24) is 15.5 Å². The van der Waals surface area contributed by atoms with E-state index in [2.05, 4.69) is 15.5 Å². The second-order valence-corrected chi connectivity index (χ2v) is 14.4. The average Bonchev–Trinajstić information content (AvgIpc) is 3.41. The van der Waals surface area contributed by atoms with Crippen LogP contribution in [0.5, 0.6) is 5.75 Å². The van der Waals surface area contributed by atoms with E-state index >= 15 is 0 Å². The van der Waals surface area contributed by atoms with Crippen molar-refractivity contribution in [3.8, 4) is 5.75 Å². The van der Waals surface area contributed by atoms with Gasteiger partial charge in [-0.1, -0.05) is 66.7 Å². The molecule has 50 heavy (non-hydrogen) atoms. The van der Waals surface area contributed by atoms with E-state index in [9.17, 15) is 19.8 Å². The molecular weight excluding hydrogens is 634 g/mol. The van der Waals surface area contributed by atoms with E-state index in [0.29, 0.717) is 25.9 Å². The van der Waals surface area contributed by atoms with Crippen molar-refractivity contribution in [3.63, 3.8) is 0 Å². The summed E-state index contributed by atoms with van der Waals surface area (Å²) in [5.74, 6) is -0.181. The lowest BCUT2D eigenvalue weighted by atomic mass is 9.88. The van der Waals surface area contributed by atoms with Gasteiger partial charge in [-0.25, -0.2) is 4.79 Å². The number of hydrogen-bond donors (Lipinski definition) is 4. The highest BCUT2D eigenvalue weighted by Gasteiger charge is 2.35. The van der Waals surface area contributed by atoms with E-state index in [1.807, 2.05) is 78.9 Å². The van der Waals surface area contributed by atoms with Crippen LogP contribution in [0.15, 0.2) is 78.9 Å². The molecule has 0 saturated carbocycles. The second kappa shape index (κ2) is 17.8. The topological polar surface area (TPSA) is 130 Å². The number of carbonyl (C=O) groups is 2. The number of ether oxygens (including phenoxy) is 3. The standard InChI is InChI=1S/C40H53N3O7/c1-40(2,3)50-39(47)41-34(25-28-10-5-4-6-11-28)35(44)27-31(38(46)42-37-33-13-8-7-12-30(33)26-36(37)45)24-29-14-16-32(17-15-29)49-21-9-18-43-19-22-48-23-20-43/h4-8,10-17,31,34-37,44-45H,9,18-27H2,1-3H3,(H,41,47)(H,42,46)/t31-,34+,35+,36-,37+/m1/s1. The molecule has 0 radical (unpaired) electrons. The zero-order valence-corrected chi connectivity index (χ0v) is 29.6. The van der Waals surface area contributed by atoms with Crippen LogP contribution in [0.1, 0.15) is 61.9 Å². The van der Waals surface area contributed by atoms with Gasteiger partial charge in [-0.2, -0.15) is 0 Å². The van der Waals surface area contributed by atoms with Gasteiger partial charge in [0.1, 0.15) is 11.4 Å². The largest absolute Gasteiger partial charge is 0.494 e. The number of alkyl carbamates (subject to hydrolysis) is 1. The molecular formula is C40H53N3O7. The number of fused-ring (bicyclic) bond motifs is 1. The first-order valence-electron chi connectivity index (χ1n) is 17.8. The zero-order valence-electron chi connectivity index (χ0n) is 29.6. The van der Waals surface area contributed by atoms with E-state index in [4.69, 9.17) is 14.2 Å². The number of amides is 2. The van der Waals surface area contributed by atoms with Gasteiger partial charge in [0, 0.05) is 32.0 Å². The number of aliphatic hydroxyl groups is 2. The normalized spacial score (nSPS) is 19.5. The molecule has 0 spiro atoms. The van der Waals surface area contributed by atoms with Crippen LogP contribution in [0.4, 0.5) is 4.79 Å². The molecule has 0 unspecified atom stereocenters. The van der Waals surface area contributed by atoms with Crippen LogP contribution in [0.3, 0.4) is 0 Å². The molecule has 0 aromatic heterocycles. The highest BCUT2D eigenvalue weighted by Crippen LogP contribution is 2.32. The Hall–Kier alpha value is -3.96. The Morgan fingerprint density at radius 1 is 0.940 bits per heavy atom. The lowest BCUT2D eigenvalue weighted by Gasteiger charge is -2.30. The Morgan fingerprint density at radius 3 is 2.34 bits per heavy atom. The number of nitrogens with one attached hydrogen (secondary N) is 2. The zero-order chi connectivity index (χ0) is 35.5. The van der Waals surface area contributed by atoms with Crippen molar-refractivity contribution in [3.05, 3.63) is 101 Å². The van der Waals surface area contributed by atoms with Gasteiger partial charge in [0.25, 0.3) is 0 Å². The first-order valence-corrected chi connectivity index (χ1v) is 17.8. The highest BCUT2D eigenvalue weighted by molar-refractivity contribution is 5.80. The van der Waals surface area contributed by atoms with E-state index in [1.165, 1.54) is 0 Å². The van der Waals surface area contributed by atoms with Crippen LogP contribution in [-0.2, 0) is 33.5 Å². The highest BCUT2D eigenvalue weighted by atomic mass is 16.6. The molecule has 2 amide bonds. The number of nitrogens with zero attached hydrogens (tertiary/aromatic N) is 1. The smallest absolute Gasteiger partial charge is 0.407 e. The third-order valence-corrected chi connectivity index (χ3v) is 9.26. The van der Waals surface area contributed by atoms with Gasteiger partial charge in [-0.3, -0.25) is 9.69 Å². The molecule has 1 fully saturated rings. The van der Waals surface area contributed by atoms with Crippen LogP contribution in [-0.4, -0.2) is 90.4 Å². The van der Waals surface area contributed by atoms with Crippen molar-refractivity contribution in [1.29, 1.82) is 0 Å². The predicted octanol–water partition coefficient (Wildman–Crippen LogP) is 4.61.